The van der Waals surface area contributed by atoms with Gasteiger partial charge in [0.1, 0.15) is 0 Å². The molecule has 130 valence electrons. The molecular formula is C18H13N3O5. The molecule has 0 amide bonds. The summed E-state index contributed by atoms with van der Waals surface area (Å²) in [7, 11) is 0. The Morgan fingerprint density at radius 1 is 1.15 bits per heavy atom. The van der Waals surface area contributed by atoms with Crippen LogP contribution in [-0.4, -0.2) is 21.1 Å². The van der Waals surface area contributed by atoms with Crippen molar-refractivity contribution >= 4 is 17.7 Å². The second-order valence-corrected chi connectivity index (χ2v) is 5.16. The molecule has 0 aliphatic heterocycles. The number of nitro benzene ring substituents is 1. The van der Waals surface area contributed by atoms with E-state index in [0.717, 1.165) is 5.56 Å². The number of nitro groups is 1. The van der Waals surface area contributed by atoms with Gasteiger partial charge >= 0.3 is 5.97 Å². The highest BCUT2D eigenvalue weighted by Crippen LogP contribution is 2.17. The maximum Gasteiger partial charge on any atom is 0.331 e. The number of hydrogen-bond donors (Lipinski definition) is 0. The van der Waals surface area contributed by atoms with E-state index in [1.165, 1.54) is 30.4 Å². The van der Waals surface area contributed by atoms with E-state index < -0.39 is 10.9 Å². The molecule has 0 atom stereocenters. The maximum atomic E-state index is 11.8. The van der Waals surface area contributed by atoms with E-state index in [2.05, 4.69) is 10.2 Å². The van der Waals surface area contributed by atoms with Crippen LogP contribution in [0.4, 0.5) is 5.69 Å². The first-order valence-electron chi connectivity index (χ1n) is 7.59. The molecule has 0 N–H and O–H groups in total. The first-order chi connectivity index (χ1) is 12.6. The summed E-state index contributed by atoms with van der Waals surface area (Å²) in [4.78, 5) is 22.0. The Balaban J connectivity index is 1.57. The average Bonchev–Trinajstić information content (AvgIpc) is 3.15. The highest BCUT2D eigenvalue weighted by Gasteiger charge is 2.10. The van der Waals surface area contributed by atoms with Crippen molar-refractivity contribution in [2.45, 2.75) is 6.61 Å². The Bertz CT molecular complexity index is 950. The lowest BCUT2D eigenvalue weighted by molar-refractivity contribution is -0.384. The van der Waals surface area contributed by atoms with Crippen molar-refractivity contribution in [3.63, 3.8) is 0 Å². The molecule has 0 fully saturated rings. The summed E-state index contributed by atoms with van der Waals surface area (Å²) in [6.07, 6.45) is 2.60. The van der Waals surface area contributed by atoms with Gasteiger partial charge in [0.15, 0.2) is 6.61 Å². The summed E-state index contributed by atoms with van der Waals surface area (Å²) in [5, 5.41) is 18.4. The molecule has 0 unspecified atom stereocenters. The fourth-order valence-corrected chi connectivity index (χ4v) is 2.10. The van der Waals surface area contributed by atoms with Gasteiger partial charge in [0, 0.05) is 23.8 Å². The Hall–Kier alpha value is -3.81. The van der Waals surface area contributed by atoms with E-state index in [9.17, 15) is 14.9 Å². The van der Waals surface area contributed by atoms with Crippen LogP contribution in [0, 0.1) is 10.1 Å². The van der Waals surface area contributed by atoms with Crippen LogP contribution < -0.4 is 0 Å². The quantitative estimate of drug-likeness (QED) is 0.290. The number of carbonyl (C=O) groups is 1. The Morgan fingerprint density at radius 3 is 2.73 bits per heavy atom. The zero-order chi connectivity index (χ0) is 18.4. The van der Waals surface area contributed by atoms with Crippen molar-refractivity contribution in [3.05, 3.63) is 82.2 Å². The van der Waals surface area contributed by atoms with Crippen molar-refractivity contribution < 1.29 is 18.9 Å². The van der Waals surface area contributed by atoms with E-state index in [1.54, 1.807) is 6.07 Å². The molecule has 0 saturated carbocycles. The molecule has 0 spiro atoms. The van der Waals surface area contributed by atoms with Crippen LogP contribution in [0.3, 0.4) is 0 Å². The highest BCUT2D eigenvalue weighted by molar-refractivity contribution is 5.87. The summed E-state index contributed by atoms with van der Waals surface area (Å²) >= 11 is 0. The van der Waals surface area contributed by atoms with Crippen molar-refractivity contribution in [2.24, 2.45) is 0 Å². The van der Waals surface area contributed by atoms with E-state index in [-0.39, 0.29) is 18.2 Å². The number of aromatic nitrogens is 2. The van der Waals surface area contributed by atoms with Gasteiger partial charge in [-0.15, -0.1) is 10.2 Å². The van der Waals surface area contributed by atoms with Gasteiger partial charge in [-0.05, 0) is 23.8 Å². The molecule has 0 aliphatic rings. The minimum atomic E-state index is -0.629. The van der Waals surface area contributed by atoms with Gasteiger partial charge in [0.2, 0.25) is 5.89 Å². The molecule has 2 aromatic carbocycles. The highest BCUT2D eigenvalue weighted by atomic mass is 16.6. The predicted molar refractivity (Wildman–Crippen MR) is 91.7 cm³/mol. The number of rotatable bonds is 6. The molecule has 26 heavy (non-hydrogen) atoms. The molecule has 1 aromatic heterocycles. The van der Waals surface area contributed by atoms with E-state index in [4.69, 9.17) is 9.15 Å². The first-order valence-corrected chi connectivity index (χ1v) is 7.59. The lowest BCUT2D eigenvalue weighted by atomic mass is 10.2. The summed E-state index contributed by atoms with van der Waals surface area (Å²) in [6, 6.07) is 15.1. The van der Waals surface area contributed by atoms with Gasteiger partial charge in [-0.2, -0.15) is 0 Å². The van der Waals surface area contributed by atoms with Crippen LogP contribution in [0.1, 0.15) is 11.5 Å². The van der Waals surface area contributed by atoms with Gasteiger partial charge in [0.05, 0.1) is 4.92 Å². The monoisotopic (exact) mass is 351 g/mol. The molecule has 8 nitrogen and oxygen atoms in total. The molecule has 1 heterocycles. The van der Waals surface area contributed by atoms with Crippen molar-refractivity contribution in [1.29, 1.82) is 0 Å². The van der Waals surface area contributed by atoms with E-state index in [1.807, 2.05) is 30.3 Å². The summed E-state index contributed by atoms with van der Waals surface area (Å²) in [5.41, 5.74) is 1.23. The molecule has 0 saturated heterocycles. The van der Waals surface area contributed by atoms with Crippen LogP contribution in [0.25, 0.3) is 17.5 Å². The normalized spacial score (nSPS) is 10.8. The van der Waals surface area contributed by atoms with Crippen molar-refractivity contribution in [1.82, 2.24) is 10.2 Å². The summed E-state index contributed by atoms with van der Waals surface area (Å²) in [5.74, 6) is -0.124. The summed E-state index contributed by atoms with van der Waals surface area (Å²) < 4.78 is 10.4. The Morgan fingerprint density at radius 2 is 1.96 bits per heavy atom. The van der Waals surface area contributed by atoms with Crippen LogP contribution in [-0.2, 0) is 16.1 Å². The van der Waals surface area contributed by atoms with Gasteiger partial charge in [-0.1, -0.05) is 30.3 Å². The third kappa shape index (κ3) is 4.38. The number of benzene rings is 2. The van der Waals surface area contributed by atoms with Crippen LogP contribution in [0.2, 0.25) is 0 Å². The number of nitrogens with zero attached hydrogens (tertiary/aromatic N) is 3. The second-order valence-electron chi connectivity index (χ2n) is 5.16. The fourth-order valence-electron chi connectivity index (χ4n) is 2.10. The molecule has 3 rings (SSSR count). The Labute approximate surface area is 147 Å². The number of non-ortho nitro benzene ring substituents is 1. The van der Waals surface area contributed by atoms with Gasteiger partial charge in [-0.3, -0.25) is 10.1 Å². The minimum absolute atomic E-state index is 0.0557. The molecule has 0 bridgehead atoms. The standard InChI is InChI=1S/C18H13N3O5/c22-17(10-9-13-5-4-8-15(11-13)21(23)24)25-12-16-19-20-18(26-16)14-6-2-1-3-7-14/h1-11H,12H2. The second kappa shape index (κ2) is 7.84. The van der Waals surface area contributed by atoms with E-state index >= 15 is 0 Å². The van der Waals surface area contributed by atoms with Crippen molar-refractivity contribution in [2.75, 3.05) is 0 Å². The molecular weight excluding hydrogens is 338 g/mol. The number of carbonyl (C=O) groups excluding carboxylic acids is 1. The molecule has 0 aliphatic carbocycles. The maximum absolute atomic E-state index is 11.8. The minimum Gasteiger partial charge on any atom is -0.452 e. The van der Waals surface area contributed by atoms with Crippen molar-refractivity contribution in [3.8, 4) is 11.5 Å². The van der Waals surface area contributed by atoms with E-state index in [0.29, 0.717) is 11.5 Å². The first kappa shape index (κ1) is 17.0. The third-order valence-corrected chi connectivity index (χ3v) is 3.32. The molecule has 0 radical (unpaired) electrons. The zero-order valence-electron chi connectivity index (χ0n) is 13.4. The molecule has 3 aromatic rings. The summed E-state index contributed by atoms with van der Waals surface area (Å²) in [6.45, 7) is -0.169. The number of ether oxygens (including phenoxy) is 1. The third-order valence-electron chi connectivity index (χ3n) is 3.32. The van der Waals surface area contributed by atoms with Gasteiger partial charge in [0.25, 0.3) is 11.6 Å². The fraction of sp³-hybridized carbons (Fsp3) is 0.0556. The predicted octanol–water partition coefficient (Wildman–Crippen LogP) is 3.40. The average molecular weight is 351 g/mol. The Kier molecular flexibility index (Phi) is 5.14. The number of hydrogen-bond acceptors (Lipinski definition) is 7. The van der Waals surface area contributed by atoms with Gasteiger partial charge in [-0.25, -0.2) is 4.79 Å². The van der Waals surface area contributed by atoms with Crippen LogP contribution >= 0.6 is 0 Å². The topological polar surface area (TPSA) is 108 Å². The molecule has 8 heteroatoms. The largest absolute Gasteiger partial charge is 0.452 e. The van der Waals surface area contributed by atoms with Gasteiger partial charge < -0.3 is 9.15 Å². The van der Waals surface area contributed by atoms with Crippen LogP contribution in [0.15, 0.2) is 65.1 Å². The lowest BCUT2D eigenvalue weighted by Crippen LogP contribution is -2.01. The van der Waals surface area contributed by atoms with Crippen LogP contribution in [0.5, 0.6) is 0 Å². The zero-order valence-corrected chi connectivity index (χ0v) is 13.4. The smallest absolute Gasteiger partial charge is 0.331 e. The number of esters is 1. The lowest BCUT2D eigenvalue weighted by Gasteiger charge is -1.98. The SMILES string of the molecule is O=C(C=Cc1cccc([N+](=O)[O-])c1)OCc1nnc(-c2ccccc2)o1.